The van der Waals surface area contributed by atoms with E-state index in [-0.39, 0.29) is 11.7 Å². The molecule has 0 aliphatic carbocycles. The van der Waals surface area contributed by atoms with Crippen LogP contribution in [-0.2, 0) is 0 Å². The summed E-state index contributed by atoms with van der Waals surface area (Å²) in [5, 5.41) is 5.95. The summed E-state index contributed by atoms with van der Waals surface area (Å²) in [6.07, 6.45) is 0.900. The molecule has 0 aliphatic heterocycles. The van der Waals surface area contributed by atoms with Crippen molar-refractivity contribution in [3.8, 4) is 10.4 Å². The topological polar surface area (TPSA) is 41.1 Å². The lowest BCUT2D eigenvalue weighted by molar-refractivity contribution is 0.0957. The van der Waals surface area contributed by atoms with Gasteiger partial charge in [-0.25, -0.2) is 4.39 Å². The number of aryl methyl sites for hydroxylation is 1. The smallest absolute Gasteiger partial charge is 0.261 e. The molecule has 0 aliphatic rings. The first-order chi connectivity index (χ1) is 10.1. The Balaban J connectivity index is 2.08. The first-order valence-corrected chi connectivity index (χ1v) is 7.72. The molecule has 0 spiro atoms. The van der Waals surface area contributed by atoms with E-state index in [4.69, 9.17) is 0 Å². The molecule has 0 atom stereocenters. The quantitative estimate of drug-likeness (QED) is 0.805. The van der Waals surface area contributed by atoms with Crippen LogP contribution in [0.3, 0.4) is 0 Å². The predicted octanol–water partition coefficient (Wildman–Crippen LogP) is 3.20. The first kappa shape index (κ1) is 15.7. The molecule has 2 aromatic rings. The van der Waals surface area contributed by atoms with Crippen LogP contribution in [0.25, 0.3) is 10.4 Å². The maximum Gasteiger partial charge on any atom is 0.261 e. The van der Waals surface area contributed by atoms with Crippen LogP contribution in [0.15, 0.2) is 30.3 Å². The van der Waals surface area contributed by atoms with Gasteiger partial charge >= 0.3 is 0 Å². The molecule has 21 heavy (non-hydrogen) atoms. The van der Waals surface area contributed by atoms with Crippen LogP contribution in [0.1, 0.15) is 21.7 Å². The number of halogens is 1. The van der Waals surface area contributed by atoms with Crippen molar-refractivity contribution < 1.29 is 9.18 Å². The number of rotatable bonds is 6. The molecule has 5 heteroatoms. The second-order valence-electron chi connectivity index (χ2n) is 4.84. The molecule has 2 N–H and O–H groups in total. The third-order valence-electron chi connectivity index (χ3n) is 3.14. The third-order valence-corrected chi connectivity index (χ3v) is 4.42. The lowest BCUT2D eigenvalue weighted by Gasteiger charge is -2.02. The molecule has 1 amide bonds. The Morgan fingerprint density at radius 1 is 1.24 bits per heavy atom. The van der Waals surface area contributed by atoms with Crippen LogP contribution >= 0.6 is 11.3 Å². The average molecular weight is 306 g/mol. The van der Waals surface area contributed by atoms with Crippen molar-refractivity contribution in [1.29, 1.82) is 0 Å². The van der Waals surface area contributed by atoms with Gasteiger partial charge in [0.15, 0.2) is 0 Å². The summed E-state index contributed by atoms with van der Waals surface area (Å²) in [6.45, 7) is 3.50. The van der Waals surface area contributed by atoms with E-state index >= 15 is 0 Å². The van der Waals surface area contributed by atoms with Gasteiger partial charge in [0.25, 0.3) is 5.91 Å². The summed E-state index contributed by atoms with van der Waals surface area (Å²) in [5.74, 6) is -0.303. The van der Waals surface area contributed by atoms with Gasteiger partial charge in [-0.05, 0) is 56.3 Å². The largest absolute Gasteiger partial charge is 0.351 e. The second kappa shape index (κ2) is 7.33. The van der Waals surface area contributed by atoms with Crippen LogP contribution in [0.2, 0.25) is 0 Å². The predicted molar refractivity (Wildman–Crippen MR) is 85.3 cm³/mol. The van der Waals surface area contributed by atoms with Gasteiger partial charge in [-0.1, -0.05) is 12.1 Å². The fraction of sp³-hybridized carbons (Fsp3) is 0.312. The van der Waals surface area contributed by atoms with Crippen molar-refractivity contribution in [3.63, 3.8) is 0 Å². The van der Waals surface area contributed by atoms with Gasteiger partial charge in [-0.15, -0.1) is 11.3 Å². The van der Waals surface area contributed by atoms with Gasteiger partial charge in [0.2, 0.25) is 0 Å². The standard InChI is InChI=1S/C16H19FN2OS/c1-11-10-14(16(20)19-9-3-8-18-2)21-15(11)12-4-6-13(17)7-5-12/h4-7,10,18H,3,8-9H2,1-2H3,(H,19,20). The van der Waals surface area contributed by atoms with Crippen LogP contribution in [0, 0.1) is 12.7 Å². The van der Waals surface area contributed by atoms with Gasteiger partial charge in [-0.2, -0.15) is 0 Å². The van der Waals surface area contributed by atoms with E-state index in [2.05, 4.69) is 10.6 Å². The highest BCUT2D eigenvalue weighted by Gasteiger charge is 2.13. The Kier molecular flexibility index (Phi) is 5.47. The van der Waals surface area contributed by atoms with E-state index in [0.717, 1.165) is 29.0 Å². The van der Waals surface area contributed by atoms with E-state index in [9.17, 15) is 9.18 Å². The van der Waals surface area contributed by atoms with E-state index in [1.54, 1.807) is 12.1 Å². The van der Waals surface area contributed by atoms with E-state index < -0.39 is 0 Å². The number of amides is 1. The maximum absolute atomic E-state index is 13.0. The summed E-state index contributed by atoms with van der Waals surface area (Å²) in [7, 11) is 1.89. The van der Waals surface area contributed by atoms with Crippen molar-refractivity contribution in [2.24, 2.45) is 0 Å². The lowest BCUT2D eigenvalue weighted by atomic mass is 10.1. The van der Waals surface area contributed by atoms with E-state index in [1.165, 1.54) is 23.5 Å². The molecular weight excluding hydrogens is 287 g/mol. The number of thiophene rings is 1. The molecule has 0 saturated heterocycles. The Morgan fingerprint density at radius 3 is 2.62 bits per heavy atom. The number of carbonyl (C=O) groups is 1. The highest BCUT2D eigenvalue weighted by atomic mass is 32.1. The molecule has 1 aromatic carbocycles. The third kappa shape index (κ3) is 4.12. The van der Waals surface area contributed by atoms with Crippen molar-refractivity contribution in [1.82, 2.24) is 10.6 Å². The maximum atomic E-state index is 13.0. The number of carbonyl (C=O) groups excluding carboxylic acids is 1. The van der Waals surface area contributed by atoms with Crippen LogP contribution in [-0.4, -0.2) is 26.0 Å². The van der Waals surface area contributed by atoms with Crippen LogP contribution < -0.4 is 10.6 Å². The minimum absolute atomic E-state index is 0.0486. The zero-order valence-electron chi connectivity index (χ0n) is 12.2. The zero-order valence-corrected chi connectivity index (χ0v) is 13.0. The Morgan fingerprint density at radius 2 is 1.95 bits per heavy atom. The normalized spacial score (nSPS) is 10.6. The number of benzene rings is 1. The molecule has 0 unspecified atom stereocenters. The number of nitrogens with one attached hydrogen (secondary N) is 2. The van der Waals surface area contributed by atoms with E-state index in [1.807, 2.05) is 20.0 Å². The zero-order chi connectivity index (χ0) is 15.2. The van der Waals surface area contributed by atoms with Crippen molar-refractivity contribution >= 4 is 17.2 Å². The van der Waals surface area contributed by atoms with Crippen LogP contribution in [0.5, 0.6) is 0 Å². The molecule has 1 aromatic heterocycles. The van der Waals surface area contributed by atoms with Gasteiger partial charge in [-0.3, -0.25) is 4.79 Å². The Bertz CT molecular complexity index is 607. The second-order valence-corrected chi connectivity index (χ2v) is 5.89. The van der Waals surface area contributed by atoms with Crippen molar-refractivity contribution in [2.45, 2.75) is 13.3 Å². The highest BCUT2D eigenvalue weighted by Crippen LogP contribution is 2.32. The van der Waals surface area contributed by atoms with Gasteiger partial charge in [0.05, 0.1) is 4.88 Å². The van der Waals surface area contributed by atoms with Gasteiger partial charge in [0, 0.05) is 11.4 Å². The molecule has 3 nitrogen and oxygen atoms in total. The molecule has 0 bridgehead atoms. The average Bonchev–Trinajstić information content (AvgIpc) is 2.86. The SMILES string of the molecule is CNCCCNC(=O)c1cc(C)c(-c2ccc(F)cc2)s1. The minimum Gasteiger partial charge on any atom is -0.351 e. The molecule has 112 valence electrons. The monoisotopic (exact) mass is 306 g/mol. The molecule has 2 rings (SSSR count). The van der Waals surface area contributed by atoms with Crippen molar-refractivity contribution in [3.05, 3.63) is 46.6 Å². The summed E-state index contributed by atoms with van der Waals surface area (Å²) in [5.41, 5.74) is 1.97. The molecule has 0 radical (unpaired) electrons. The minimum atomic E-state index is -0.254. The fourth-order valence-corrected chi connectivity index (χ4v) is 3.13. The van der Waals surface area contributed by atoms with Gasteiger partial charge < -0.3 is 10.6 Å². The van der Waals surface area contributed by atoms with Crippen LogP contribution in [0.4, 0.5) is 4.39 Å². The Hall–Kier alpha value is -1.72. The molecule has 0 fully saturated rings. The number of hydrogen-bond acceptors (Lipinski definition) is 3. The number of hydrogen-bond donors (Lipinski definition) is 2. The molecule has 1 heterocycles. The first-order valence-electron chi connectivity index (χ1n) is 6.91. The molecule has 0 saturated carbocycles. The highest BCUT2D eigenvalue weighted by molar-refractivity contribution is 7.17. The van der Waals surface area contributed by atoms with Gasteiger partial charge in [0.1, 0.15) is 5.82 Å². The molecular formula is C16H19FN2OS. The summed E-state index contributed by atoms with van der Waals surface area (Å²) in [4.78, 5) is 13.8. The fourth-order valence-electron chi connectivity index (χ4n) is 2.04. The Labute approximate surface area is 128 Å². The summed E-state index contributed by atoms with van der Waals surface area (Å²) < 4.78 is 13.0. The lowest BCUT2D eigenvalue weighted by Crippen LogP contribution is -2.25. The summed E-state index contributed by atoms with van der Waals surface area (Å²) >= 11 is 1.44. The van der Waals surface area contributed by atoms with Crippen molar-refractivity contribution in [2.75, 3.05) is 20.1 Å². The summed E-state index contributed by atoms with van der Waals surface area (Å²) in [6, 6.07) is 8.24. The van der Waals surface area contributed by atoms with E-state index in [0.29, 0.717) is 11.4 Å².